The molecular formula is C17H17NO. The Morgan fingerprint density at radius 3 is 2.32 bits per heavy atom. The van der Waals surface area contributed by atoms with Gasteiger partial charge in [-0.05, 0) is 36.5 Å². The highest BCUT2D eigenvalue weighted by Gasteiger charge is 2.42. The second-order valence-corrected chi connectivity index (χ2v) is 5.15. The summed E-state index contributed by atoms with van der Waals surface area (Å²) in [6.07, 6.45) is 2.02. The van der Waals surface area contributed by atoms with Crippen molar-refractivity contribution < 1.29 is 4.79 Å². The molecule has 2 aromatic rings. The Morgan fingerprint density at radius 2 is 1.63 bits per heavy atom. The number of nitrogens with one attached hydrogen (secondary N) is 1. The van der Waals surface area contributed by atoms with E-state index in [0.29, 0.717) is 5.92 Å². The minimum atomic E-state index is 0.159. The van der Waals surface area contributed by atoms with Gasteiger partial charge in [0.05, 0.1) is 0 Å². The van der Waals surface area contributed by atoms with E-state index in [4.69, 9.17) is 0 Å². The molecule has 2 atom stereocenters. The topological polar surface area (TPSA) is 29.1 Å². The fourth-order valence-electron chi connectivity index (χ4n) is 2.47. The minimum absolute atomic E-state index is 0.159. The van der Waals surface area contributed by atoms with E-state index in [1.165, 1.54) is 5.56 Å². The van der Waals surface area contributed by atoms with Gasteiger partial charge in [0.2, 0.25) is 5.91 Å². The minimum Gasteiger partial charge on any atom is -0.326 e. The van der Waals surface area contributed by atoms with E-state index in [1.807, 2.05) is 36.4 Å². The Labute approximate surface area is 113 Å². The van der Waals surface area contributed by atoms with E-state index < -0.39 is 0 Å². The van der Waals surface area contributed by atoms with Crippen molar-refractivity contribution in [3.63, 3.8) is 0 Å². The van der Waals surface area contributed by atoms with Crippen molar-refractivity contribution >= 4 is 11.6 Å². The molecule has 1 aliphatic carbocycles. The zero-order chi connectivity index (χ0) is 13.1. The highest BCUT2D eigenvalue weighted by atomic mass is 16.2. The van der Waals surface area contributed by atoms with E-state index in [2.05, 4.69) is 29.6 Å². The van der Waals surface area contributed by atoms with Gasteiger partial charge in [-0.1, -0.05) is 48.5 Å². The van der Waals surface area contributed by atoms with Crippen molar-refractivity contribution in [3.05, 3.63) is 66.2 Å². The van der Waals surface area contributed by atoms with Crippen LogP contribution in [0.25, 0.3) is 0 Å². The molecule has 1 N–H and O–H groups in total. The third-order valence-electron chi connectivity index (χ3n) is 3.64. The van der Waals surface area contributed by atoms with Gasteiger partial charge in [0.25, 0.3) is 0 Å². The number of carbonyl (C=O) groups excluding carboxylic acids is 1. The molecule has 0 heterocycles. The third-order valence-corrected chi connectivity index (χ3v) is 3.64. The van der Waals surface area contributed by atoms with Crippen molar-refractivity contribution in [2.75, 3.05) is 5.32 Å². The van der Waals surface area contributed by atoms with Gasteiger partial charge < -0.3 is 5.32 Å². The number of benzene rings is 2. The fourth-order valence-corrected chi connectivity index (χ4v) is 2.47. The quantitative estimate of drug-likeness (QED) is 0.885. The van der Waals surface area contributed by atoms with Gasteiger partial charge >= 0.3 is 0 Å². The Morgan fingerprint density at radius 1 is 1.00 bits per heavy atom. The van der Waals surface area contributed by atoms with Crippen molar-refractivity contribution in [2.24, 2.45) is 11.8 Å². The Hall–Kier alpha value is -2.09. The summed E-state index contributed by atoms with van der Waals surface area (Å²) < 4.78 is 0. The Kier molecular flexibility index (Phi) is 3.32. The number of hydrogen-bond acceptors (Lipinski definition) is 1. The molecule has 0 aliphatic heterocycles. The molecular weight excluding hydrogens is 234 g/mol. The lowest BCUT2D eigenvalue weighted by Gasteiger charge is -2.04. The van der Waals surface area contributed by atoms with E-state index in [0.717, 1.165) is 18.5 Å². The highest BCUT2D eigenvalue weighted by Crippen LogP contribution is 2.41. The van der Waals surface area contributed by atoms with Crippen LogP contribution in [0.1, 0.15) is 12.0 Å². The van der Waals surface area contributed by atoms with E-state index in [-0.39, 0.29) is 11.8 Å². The van der Waals surface area contributed by atoms with E-state index >= 15 is 0 Å². The summed E-state index contributed by atoms with van der Waals surface area (Å²) >= 11 is 0. The normalized spacial score (nSPS) is 20.8. The van der Waals surface area contributed by atoms with E-state index in [9.17, 15) is 4.79 Å². The molecule has 0 bridgehead atoms. The summed E-state index contributed by atoms with van der Waals surface area (Å²) in [7, 11) is 0. The summed E-state index contributed by atoms with van der Waals surface area (Å²) in [5, 5.41) is 2.98. The number of anilines is 1. The lowest BCUT2D eigenvalue weighted by molar-refractivity contribution is -0.117. The summed E-state index contributed by atoms with van der Waals surface area (Å²) in [5.41, 5.74) is 2.21. The largest absolute Gasteiger partial charge is 0.326 e. The van der Waals surface area contributed by atoms with E-state index in [1.54, 1.807) is 0 Å². The lowest BCUT2D eigenvalue weighted by Crippen LogP contribution is -2.15. The van der Waals surface area contributed by atoms with Crippen LogP contribution in [0, 0.1) is 11.8 Å². The van der Waals surface area contributed by atoms with Gasteiger partial charge in [0.1, 0.15) is 0 Å². The second kappa shape index (κ2) is 5.27. The van der Waals surface area contributed by atoms with Crippen LogP contribution in [0.2, 0.25) is 0 Å². The molecule has 2 aromatic carbocycles. The molecule has 1 saturated carbocycles. The number of carbonyl (C=O) groups is 1. The molecule has 0 spiro atoms. The summed E-state index contributed by atoms with van der Waals surface area (Å²) in [5.74, 6) is 0.846. The van der Waals surface area contributed by atoms with Gasteiger partial charge in [-0.15, -0.1) is 0 Å². The SMILES string of the molecule is O=C(Nc1ccccc1)[C@@H]1C[C@H]1Cc1ccccc1. The Bertz CT molecular complexity index is 550. The monoisotopic (exact) mass is 251 g/mol. The zero-order valence-electron chi connectivity index (χ0n) is 10.8. The number of amides is 1. The molecule has 2 nitrogen and oxygen atoms in total. The van der Waals surface area contributed by atoms with Crippen LogP contribution in [0.5, 0.6) is 0 Å². The predicted molar refractivity (Wildman–Crippen MR) is 76.8 cm³/mol. The van der Waals surface area contributed by atoms with Gasteiger partial charge in [-0.25, -0.2) is 0 Å². The molecule has 96 valence electrons. The number of hydrogen-bond donors (Lipinski definition) is 1. The molecule has 1 amide bonds. The van der Waals surface area contributed by atoms with Crippen molar-refractivity contribution in [2.45, 2.75) is 12.8 Å². The second-order valence-electron chi connectivity index (χ2n) is 5.15. The Balaban J connectivity index is 1.54. The molecule has 3 rings (SSSR count). The maximum Gasteiger partial charge on any atom is 0.227 e. The van der Waals surface area contributed by atoms with Crippen LogP contribution in [0.15, 0.2) is 60.7 Å². The molecule has 1 aliphatic rings. The standard InChI is InChI=1S/C17H17NO/c19-17(18-15-9-5-2-6-10-15)16-12-14(16)11-13-7-3-1-4-8-13/h1-10,14,16H,11-12H2,(H,18,19)/t14-,16-/m1/s1. The number of rotatable bonds is 4. The fraction of sp³-hybridized carbons (Fsp3) is 0.235. The molecule has 0 aromatic heterocycles. The zero-order valence-corrected chi connectivity index (χ0v) is 10.8. The number of para-hydroxylation sites is 1. The average molecular weight is 251 g/mol. The van der Waals surface area contributed by atoms with Crippen LogP contribution in [-0.2, 0) is 11.2 Å². The van der Waals surface area contributed by atoms with Gasteiger partial charge in [-0.2, -0.15) is 0 Å². The first-order chi connectivity index (χ1) is 9.33. The van der Waals surface area contributed by atoms with Crippen molar-refractivity contribution in [3.8, 4) is 0 Å². The third kappa shape index (κ3) is 3.02. The first kappa shape index (κ1) is 12.0. The first-order valence-electron chi connectivity index (χ1n) is 6.73. The van der Waals surface area contributed by atoms with Gasteiger partial charge in [0.15, 0.2) is 0 Å². The van der Waals surface area contributed by atoms with Crippen LogP contribution in [-0.4, -0.2) is 5.91 Å². The molecule has 1 fully saturated rings. The molecule has 0 radical (unpaired) electrons. The van der Waals surface area contributed by atoms with Crippen molar-refractivity contribution in [1.82, 2.24) is 0 Å². The van der Waals surface area contributed by atoms with Gasteiger partial charge in [0, 0.05) is 11.6 Å². The average Bonchev–Trinajstić information content (AvgIpc) is 3.20. The smallest absolute Gasteiger partial charge is 0.227 e. The maximum absolute atomic E-state index is 12.1. The maximum atomic E-state index is 12.1. The summed E-state index contributed by atoms with van der Waals surface area (Å²) in [6.45, 7) is 0. The molecule has 0 unspecified atom stereocenters. The van der Waals surface area contributed by atoms with Crippen LogP contribution in [0.3, 0.4) is 0 Å². The lowest BCUT2D eigenvalue weighted by atomic mass is 10.1. The van der Waals surface area contributed by atoms with Crippen LogP contribution in [0.4, 0.5) is 5.69 Å². The molecule has 19 heavy (non-hydrogen) atoms. The predicted octanol–water partition coefficient (Wildman–Crippen LogP) is 3.50. The van der Waals surface area contributed by atoms with Gasteiger partial charge in [-0.3, -0.25) is 4.79 Å². The molecule has 0 saturated heterocycles. The summed E-state index contributed by atoms with van der Waals surface area (Å²) in [4.78, 5) is 12.1. The van der Waals surface area contributed by atoms with Crippen molar-refractivity contribution in [1.29, 1.82) is 0 Å². The van der Waals surface area contributed by atoms with Crippen LogP contribution >= 0.6 is 0 Å². The first-order valence-corrected chi connectivity index (χ1v) is 6.73. The summed E-state index contributed by atoms with van der Waals surface area (Å²) in [6, 6.07) is 20.1. The molecule has 2 heteroatoms. The highest BCUT2D eigenvalue weighted by molar-refractivity contribution is 5.94. The van der Waals surface area contributed by atoms with Crippen LogP contribution < -0.4 is 5.32 Å².